The van der Waals surface area contributed by atoms with Crippen LogP contribution in [-0.2, 0) is 4.79 Å². The molecule has 1 unspecified atom stereocenters. The van der Waals surface area contributed by atoms with Crippen molar-refractivity contribution >= 4 is 5.91 Å². The molecule has 1 fully saturated rings. The summed E-state index contributed by atoms with van der Waals surface area (Å²) in [6.45, 7) is 5.55. The maximum atomic E-state index is 10.9. The first kappa shape index (κ1) is 12.5. The van der Waals surface area contributed by atoms with E-state index in [2.05, 4.69) is 17.1 Å². The average Bonchev–Trinajstić information content (AvgIpc) is 2.18. The zero-order valence-electron chi connectivity index (χ0n) is 9.67. The summed E-state index contributed by atoms with van der Waals surface area (Å²) in [5, 5.41) is 3.49. The summed E-state index contributed by atoms with van der Waals surface area (Å²) in [5.41, 5.74) is 5.23. The average molecular weight is 213 g/mol. The van der Waals surface area contributed by atoms with E-state index in [4.69, 9.17) is 5.73 Å². The summed E-state index contributed by atoms with van der Waals surface area (Å²) in [7, 11) is 0. The second-order valence-corrected chi connectivity index (χ2v) is 4.35. The molecule has 3 N–H and O–H groups in total. The summed E-state index contributed by atoms with van der Waals surface area (Å²) in [6, 6.07) is 0.546. The molecule has 0 saturated carbocycles. The van der Waals surface area contributed by atoms with Gasteiger partial charge in [0.2, 0.25) is 5.91 Å². The molecule has 4 nitrogen and oxygen atoms in total. The Kier molecular flexibility index (Phi) is 5.65. The highest BCUT2D eigenvalue weighted by molar-refractivity contribution is 5.75. The normalized spacial score (nSPS) is 21.9. The van der Waals surface area contributed by atoms with E-state index in [0.29, 0.717) is 12.6 Å². The van der Waals surface area contributed by atoms with Gasteiger partial charge in [-0.05, 0) is 32.4 Å². The van der Waals surface area contributed by atoms with Gasteiger partial charge in [-0.25, -0.2) is 0 Å². The molecule has 0 aromatic heterocycles. The number of amides is 1. The number of carbonyl (C=O) groups is 1. The minimum atomic E-state index is -0.223. The molecular formula is C11H23N3O. The Bertz CT molecular complexity index is 190. The van der Waals surface area contributed by atoms with E-state index in [1.807, 2.05) is 0 Å². The molecule has 0 spiro atoms. The summed E-state index contributed by atoms with van der Waals surface area (Å²) in [4.78, 5) is 13.0. The van der Waals surface area contributed by atoms with Crippen molar-refractivity contribution < 1.29 is 4.79 Å². The maximum absolute atomic E-state index is 10.9. The third kappa shape index (κ3) is 5.14. The number of rotatable bonds is 6. The third-order valence-corrected chi connectivity index (χ3v) is 2.81. The lowest BCUT2D eigenvalue weighted by Crippen LogP contribution is -2.46. The van der Waals surface area contributed by atoms with Gasteiger partial charge in [-0.2, -0.15) is 0 Å². The zero-order chi connectivity index (χ0) is 11.1. The van der Waals surface area contributed by atoms with Gasteiger partial charge in [-0.1, -0.05) is 13.3 Å². The Labute approximate surface area is 92.2 Å². The van der Waals surface area contributed by atoms with Crippen molar-refractivity contribution in [3.8, 4) is 0 Å². The lowest BCUT2D eigenvalue weighted by molar-refractivity contribution is -0.119. The summed E-state index contributed by atoms with van der Waals surface area (Å²) in [5.74, 6) is -0.223. The summed E-state index contributed by atoms with van der Waals surface area (Å²) < 4.78 is 0. The first-order valence-electron chi connectivity index (χ1n) is 5.96. The fraction of sp³-hybridized carbons (Fsp3) is 0.909. The predicted molar refractivity (Wildman–Crippen MR) is 61.6 cm³/mol. The molecule has 0 aromatic rings. The number of hydrogen-bond donors (Lipinski definition) is 2. The highest BCUT2D eigenvalue weighted by atomic mass is 16.1. The van der Waals surface area contributed by atoms with Crippen molar-refractivity contribution in [2.75, 3.05) is 26.2 Å². The van der Waals surface area contributed by atoms with E-state index in [0.717, 1.165) is 26.1 Å². The molecule has 1 aliphatic rings. The van der Waals surface area contributed by atoms with Crippen LogP contribution in [-0.4, -0.2) is 43.0 Å². The number of nitrogens with zero attached hydrogens (tertiary/aromatic N) is 1. The van der Waals surface area contributed by atoms with Gasteiger partial charge in [0.15, 0.2) is 0 Å². The number of nitrogens with one attached hydrogen (secondary N) is 1. The molecule has 1 amide bonds. The Morgan fingerprint density at radius 3 is 2.87 bits per heavy atom. The standard InChI is InChI=1S/C11H23N3O/c1-2-7-14(9-11(12)15)8-10-5-3-4-6-13-10/h10,13H,2-9H2,1H3,(H2,12,15). The van der Waals surface area contributed by atoms with E-state index in [-0.39, 0.29) is 5.91 Å². The van der Waals surface area contributed by atoms with Crippen molar-refractivity contribution in [1.29, 1.82) is 0 Å². The van der Waals surface area contributed by atoms with Crippen LogP contribution < -0.4 is 11.1 Å². The van der Waals surface area contributed by atoms with Crippen LogP contribution in [0.2, 0.25) is 0 Å². The van der Waals surface area contributed by atoms with Gasteiger partial charge in [0.05, 0.1) is 6.54 Å². The minimum Gasteiger partial charge on any atom is -0.369 e. The number of hydrogen-bond acceptors (Lipinski definition) is 3. The van der Waals surface area contributed by atoms with Crippen LogP contribution in [0, 0.1) is 0 Å². The van der Waals surface area contributed by atoms with Crippen LogP contribution in [0.25, 0.3) is 0 Å². The van der Waals surface area contributed by atoms with Crippen molar-refractivity contribution in [2.45, 2.75) is 38.6 Å². The monoisotopic (exact) mass is 213 g/mol. The Hall–Kier alpha value is -0.610. The third-order valence-electron chi connectivity index (χ3n) is 2.81. The van der Waals surface area contributed by atoms with Crippen molar-refractivity contribution in [1.82, 2.24) is 10.2 Å². The van der Waals surface area contributed by atoms with Gasteiger partial charge in [0.25, 0.3) is 0 Å². The molecule has 0 aliphatic carbocycles. The van der Waals surface area contributed by atoms with E-state index in [9.17, 15) is 4.79 Å². The number of carbonyl (C=O) groups excluding carboxylic acids is 1. The van der Waals surface area contributed by atoms with Crippen LogP contribution in [0.15, 0.2) is 0 Å². The van der Waals surface area contributed by atoms with Crippen LogP contribution >= 0.6 is 0 Å². The molecule has 0 radical (unpaired) electrons. The van der Waals surface area contributed by atoms with Crippen molar-refractivity contribution in [3.63, 3.8) is 0 Å². The first-order chi connectivity index (χ1) is 7.22. The molecule has 0 aromatic carbocycles. The molecular weight excluding hydrogens is 190 g/mol. The molecule has 1 heterocycles. The van der Waals surface area contributed by atoms with Crippen LogP contribution in [0.4, 0.5) is 0 Å². The Morgan fingerprint density at radius 2 is 2.33 bits per heavy atom. The minimum absolute atomic E-state index is 0.223. The molecule has 1 atom stereocenters. The second kappa shape index (κ2) is 6.80. The smallest absolute Gasteiger partial charge is 0.231 e. The topological polar surface area (TPSA) is 58.4 Å². The van der Waals surface area contributed by atoms with Gasteiger partial charge < -0.3 is 11.1 Å². The fourth-order valence-corrected chi connectivity index (χ4v) is 2.16. The highest BCUT2D eigenvalue weighted by Crippen LogP contribution is 2.08. The zero-order valence-corrected chi connectivity index (χ0v) is 9.67. The van der Waals surface area contributed by atoms with E-state index >= 15 is 0 Å². The molecule has 4 heteroatoms. The van der Waals surface area contributed by atoms with Gasteiger partial charge in [-0.15, -0.1) is 0 Å². The lowest BCUT2D eigenvalue weighted by atomic mass is 10.0. The number of nitrogens with two attached hydrogens (primary N) is 1. The van der Waals surface area contributed by atoms with Crippen LogP contribution in [0.1, 0.15) is 32.6 Å². The van der Waals surface area contributed by atoms with E-state index < -0.39 is 0 Å². The number of primary amides is 1. The van der Waals surface area contributed by atoms with Gasteiger partial charge in [0.1, 0.15) is 0 Å². The van der Waals surface area contributed by atoms with Crippen molar-refractivity contribution in [3.05, 3.63) is 0 Å². The molecule has 1 rings (SSSR count). The molecule has 1 aliphatic heterocycles. The maximum Gasteiger partial charge on any atom is 0.231 e. The Balaban J connectivity index is 2.31. The van der Waals surface area contributed by atoms with Gasteiger partial charge in [0, 0.05) is 12.6 Å². The predicted octanol–water partition coefficient (Wildman–Crippen LogP) is 0.326. The lowest BCUT2D eigenvalue weighted by Gasteiger charge is -2.29. The van der Waals surface area contributed by atoms with Gasteiger partial charge in [-0.3, -0.25) is 9.69 Å². The molecule has 1 saturated heterocycles. The largest absolute Gasteiger partial charge is 0.369 e. The number of piperidine rings is 1. The summed E-state index contributed by atoms with van der Waals surface area (Å²) in [6.07, 6.45) is 4.87. The fourth-order valence-electron chi connectivity index (χ4n) is 2.16. The van der Waals surface area contributed by atoms with E-state index in [1.165, 1.54) is 19.3 Å². The van der Waals surface area contributed by atoms with Crippen LogP contribution in [0.5, 0.6) is 0 Å². The quantitative estimate of drug-likeness (QED) is 0.668. The SMILES string of the molecule is CCCN(CC(N)=O)CC1CCCCN1. The molecule has 0 bridgehead atoms. The van der Waals surface area contributed by atoms with Crippen LogP contribution in [0.3, 0.4) is 0 Å². The second-order valence-electron chi connectivity index (χ2n) is 4.35. The highest BCUT2D eigenvalue weighted by Gasteiger charge is 2.16. The Morgan fingerprint density at radius 1 is 1.53 bits per heavy atom. The molecule has 88 valence electrons. The first-order valence-corrected chi connectivity index (χ1v) is 5.96. The van der Waals surface area contributed by atoms with Crippen molar-refractivity contribution in [2.24, 2.45) is 5.73 Å². The summed E-state index contributed by atoms with van der Waals surface area (Å²) >= 11 is 0. The van der Waals surface area contributed by atoms with E-state index in [1.54, 1.807) is 0 Å². The molecule has 15 heavy (non-hydrogen) atoms. The van der Waals surface area contributed by atoms with Gasteiger partial charge >= 0.3 is 0 Å².